The second-order valence-electron chi connectivity index (χ2n) is 9.18. The van der Waals surface area contributed by atoms with Crippen LogP contribution in [0.2, 0.25) is 0 Å². The lowest BCUT2D eigenvalue weighted by molar-refractivity contribution is -0.162. The van der Waals surface area contributed by atoms with Gasteiger partial charge in [-0.1, -0.05) is 42.5 Å². The Hall–Kier alpha value is -4.19. The van der Waals surface area contributed by atoms with Crippen molar-refractivity contribution in [3.63, 3.8) is 0 Å². The number of fused-ring (bicyclic) bond motifs is 3. The lowest BCUT2D eigenvalue weighted by Gasteiger charge is -2.40. The lowest BCUT2D eigenvalue weighted by atomic mass is 9.71. The standard InChI is InChI=1S/C26H19F3N2O8S/c1-37-23(33)19-20(15-5-3-2-4-6-15)25(16-9-7-14(12-30)8-10-16)24(34,22(19)32)21-18(38-25)11-17(13-31-21)39-40(35,36)26(27,28)29/h2-11,13,19-20,22,32,34H,1H3/t19-,20-,22-,24+,25+/m1/s1. The van der Waals surface area contributed by atoms with E-state index in [0.29, 0.717) is 11.8 Å². The molecule has 1 aromatic heterocycles. The lowest BCUT2D eigenvalue weighted by Crippen LogP contribution is -2.52. The number of hydrogen-bond acceptors (Lipinski definition) is 10. The summed E-state index contributed by atoms with van der Waals surface area (Å²) >= 11 is 0. The highest BCUT2D eigenvalue weighted by Crippen LogP contribution is 2.68. The van der Waals surface area contributed by atoms with Crippen molar-refractivity contribution in [2.24, 2.45) is 5.92 Å². The molecule has 0 bridgehead atoms. The number of carbonyl (C=O) groups is 1. The minimum absolute atomic E-state index is 0.177. The fraction of sp³-hybridized carbons (Fsp3) is 0.269. The summed E-state index contributed by atoms with van der Waals surface area (Å²) in [6.07, 6.45) is -1.31. The molecule has 0 amide bonds. The smallest absolute Gasteiger partial charge is 0.476 e. The molecule has 208 valence electrons. The molecule has 1 fully saturated rings. The predicted molar refractivity (Wildman–Crippen MR) is 128 cm³/mol. The summed E-state index contributed by atoms with van der Waals surface area (Å²) in [5, 5.41) is 33.2. The van der Waals surface area contributed by atoms with Gasteiger partial charge in [0.2, 0.25) is 0 Å². The Morgan fingerprint density at radius 1 is 1.15 bits per heavy atom. The van der Waals surface area contributed by atoms with Crippen LogP contribution in [0, 0.1) is 17.2 Å². The van der Waals surface area contributed by atoms with Crippen molar-refractivity contribution in [2.45, 2.75) is 28.7 Å². The van der Waals surface area contributed by atoms with Gasteiger partial charge < -0.3 is 23.9 Å². The molecule has 14 heteroatoms. The fourth-order valence-electron chi connectivity index (χ4n) is 5.55. The first kappa shape index (κ1) is 27.4. The molecule has 0 unspecified atom stereocenters. The van der Waals surface area contributed by atoms with E-state index in [-0.39, 0.29) is 16.8 Å². The third kappa shape index (κ3) is 3.73. The molecule has 5 atom stereocenters. The van der Waals surface area contributed by atoms with Gasteiger partial charge in [0.25, 0.3) is 0 Å². The van der Waals surface area contributed by atoms with Gasteiger partial charge in [-0.2, -0.15) is 26.9 Å². The molecule has 2 N–H and O–H groups in total. The van der Waals surface area contributed by atoms with Gasteiger partial charge in [0.1, 0.15) is 17.5 Å². The molecule has 2 aliphatic rings. The van der Waals surface area contributed by atoms with Crippen LogP contribution in [-0.2, 0) is 30.9 Å². The zero-order chi connectivity index (χ0) is 29.1. The minimum Gasteiger partial charge on any atom is -0.476 e. The van der Waals surface area contributed by atoms with Crippen LogP contribution in [-0.4, -0.2) is 48.3 Å². The first-order chi connectivity index (χ1) is 18.8. The van der Waals surface area contributed by atoms with Gasteiger partial charge in [-0.15, -0.1) is 0 Å². The number of aliphatic hydroxyl groups excluding tert-OH is 1. The summed E-state index contributed by atoms with van der Waals surface area (Å²) in [4.78, 5) is 17.0. The molecule has 3 aromatic rings. The van der Waals surface area contributed by atoms with Crippen molar-refractivity contribution >= 4 is 16.1 Å². The maximum Gasteiger partial charge on any atom is 0.534 e. The molecule has 1 saturated carbocycles. The van der Waals surface area contributed by atoms with E-state index in [1.807, 2.05) is 6.07 Å². The number of aliphatic hydroxyl groups is 2. The van der Waals surface area contributed by atoms with Gasteiger partial charge in [0.15, 0.2) is 17.0 Å². The number of ether oxygens (including phenoxy) is 2. The Balaban J connectivity index is 1.77. The third-order valence-corrected chi connectivity index (χ3v) is 8.13. The van der Waals surface area contributed by atoms with E-state index in [1.54, 1.807) is 30.3 Å². The van der Waals surface area contributed by atoms with E-state index in [4.69, 9.17) is 9.47 Å². The molecule has 5 rings (SSSR count). The summed E-state index contributed by atoms with van der Waals surface area (Å²) in [6.45, 7) is 0. The monoisotopic (exact) mass is 576 g/mol. The fourth-order valence-corrected chi connectivity index (χ4v) is 5.99. The molecule has 40 heavy (non-hydrogen) atoms. The summed E-state index contributed by atoms with van der Waals surface area (Å²) in [6, 6.07) is 16.7. The van der Waals surface area contributed by atoms with Crippen molar-refractivity contribution in [3.05, 3.63) is 89.2 Å². The van der Waals surface area contributed by atoms with Crippen LogP contribution in [0.15, 0.2) is 66.9 Å². The number of rotatable bonds is 5. The van der Waals surface area contributed by atoms with Crippen LogP contribution in [0.3, 0.4) is 0 Å². The van der Waals surface area contributed by atoms with Gasteiger partial charge in [0.05, 0.1) is 30.9 Å². The predicted octanol–water partition coefficient (Wildman–Crippen LogP) is 2.60. The molecule has 2 heterocycles. The number of esters is 1. The highest BCUT2D eigenvalue weighted by molar-refractivity contribution is 7.88. The SMILES string of the molecule is COC(=O)[C@H]1[C@@H](O)[C@@]2(O)c3ncc(OS(=O)(=O)C(F)(F)F)cc3O[C@@]2(c2ccc(C#N)cc2)[C@@H]1c1ccccc1. The maximum absolute atomic E-state index is 13.1. The molecule has 0 radical (unpaired) electrons. The number of halogens is 3. The van der Waals surface area contributed by atoms with Crippen molar-refractivity contribution in [3.8, 4) is 17.6 Å². The van der Waals surface area contributed by atoms with Crippen LogP contribution < -0.4 is 8.92 Å². The van der Waals surface area contributed by atoms with Crippen LogP contribution in [0.5, 0.6) is 11.5 Å². The molecule has 0 spiro atoms. The normalized spacial score (nSPS) is 27.2. The van der Waals surface area contributed by atoms with Crippen LogP contribution in [0.25, 0.3) is 0 Å². The number of benzene rings is 2. The quantitative estimate of drug-likeness (QED) is 0.263. The molecule has 2 aromatic carbocycles. The average Bonchev–Trinajstić information content (AvgIpc) is 3.30. The van der Waals surface area contributed by atoms with E-state index >= 15 is 0 Å². The summed E-state index contributed by atoms with van der Waals surface area (Å²) in [5.74, 6) is -4.76. The molecule has 1 aliphatic heterocycles. The summed E-state index contributed by atoms with van der Waals surface area (Å²) < 4.78 is 77.3. The van der Waals surface area contributed by atoms with Gasteiger partial charge in [0, 0.05) is 12.0 Å². The second-order valence-corrected chi connectivity index (χ2v) is 10.7. The third-order valence-electron chi connectivity index (χ3n) is 7.16. The number of alkyl halides is 3. The topological polar surface area (TPSA) is 156 Å². The van der Waals surface area contributed by atoms with Crippen molar-refractivity contribution in [1.29, 1.82) is 5.26 Å². The van der Waals surface area contributed by atoms with Gasteiger partial charge in [-0.3, -0.25) is 9.78 Å². The maximum atomic E-state index is 13.1. The van der Waals surface area contributed by atoms with E-state index in [0.717, 1.165) is 13.2 Å². The highest BCUT2D eigenvalue weighted by atomic mass is 32.2. The number of carbonyl (C=O) groups excluding carboxylic acids is 1. The number of nitrogens with zero attached hydrogens (tertiary/aromatic N) is 2. The van der Waals surface area contributed by atoms with E-state index in [2.05, 4.69) is 9.17 Å². The average molecular weight is 577 g/mol. The zero-order valence-corrected chi connectivity index (χ0v) is 21.2. The van der Waals surface area contributed by atoms with Gasteiger partial charge >= 0.3 is 21.6 Å². The first-order valence-corrected chi connectivity index (χ1v) is 13.0. The Bertz CT molecular complexity index is 1630. The zero-order valence-electron chi connectivity index (χ0n) is 20.4. The van der Waals surface area contributed by atoms with E-state index in [1.165, 1.54) is 24.3 Å². The van der Waals surface area contributed by atoms with Crippen LogP contribution in [0.1, 0.15) is 28.3 Å². The Kier molecular flexibility index (Phi) is 6.29. The second kappa shape index (κ2) is 9.19. The largest absolute Gasteiger partial charge is 0.534 e. The van der Waals surface area contributed by atoms with Crippen molar-refractivity contribution < 1.29 is 50.3 Å². The molecule has 10 nitrogen and oxygen atoms in total. The molecular weight excluding hydrogens is 557 g/mol. The summed E-state index contributed by atoms with van der Waals surface area (Å²) in [7, 11) is -4.97. The van der Waals surface area contributed by atoms with E-state index < -0.39 is 62.2 Å². The first-order valence-electron chi connectivity index (χ1n) is 11.6. The summed E-state index contributed by atoms with van der Waals surface area (Å²) in [5.41, 5.74) is -9.85. The molecule has 1 aliphatic carbocycles. The van der Waals surface area contributed by atoms with E-state index in [9.17, 15) is 41.9 Å². The number of aromatic nitrogens is 1. The Labute approximate surface area is 225 Å². The van der Waals surface area contributed by atoms with Crippen molar-refractivity contribution in [2.75, 3.05) is 7.11 Å². The van der Waals surface area contributed by atoms with Crippen molar-refractivity contribution in [1.82, 2.24) is 4.98 Å². The molecule has 0 saturated heterocycles. The number of nitriles is 1. The van der Waals surface area contributed by atoms with Gasteiger partial charge in [-0.25, -0.2) is 0 Å². The van der Waals surface area contributed by atoms with Crippen LogP contribution >= 0.6 is 0 Å². The van der Waals surface area contributed by atoms with Crippen LogP contribution in [0.4, 0.5) is 13.2 Å². The highest BCUT2D eigenvalue weighted by Gasteiger charge is 2.78. The number of hydrogen-bond donors (Lipinski definition) is 2. The Morgan fingerprint density at radius 2 is 1.80 bits per heavy atom. The minimum atomic E-state index is -6.06. The number of methoxy groups -OCH3 is 1. The molecular formula is C26H19F3N2O8S. The van der Waals surface area contributed by atoms with Gasteiger partial charge in [-0.05, 0) is 23.3 Å². The Morgan fingerprint density at radius 3 is 2.38 bits per heavy atom. The number of pyridine rings is 1.